The van der Waals surface area contributed by atoms with Crippen molar-refractivity contribution < 1.29 is 4.74 Å². The summed E-state index contributed by atoms with van der Waals surface area (Å²) in [5.74, 6) is 6.58. The lowest BCUT2D eigenvalue weighted by Gasteiger charge is -2.07. The van der Waals surface area contributed by atoms with Crippen molar-refractivity contribution in [3.63, 3.8) is 0 Å². The number of hydrogen-bond acceptors (Lipinski definition) is 6. The number of benzene rings is 1. The summed E-state index contributed by atoms with van der Waals surface area (Å²) < 4.78 is 5.32. The molecule has 2 rings (SSSR count). The van der Waals surface area contributed by atoms with E-state index in [1.807, 2.05) is 31.2 Å². The van der Waals surface area contributed by atoms with Crippen LogP contribution in [0.25, 0.3) is 0 Å². The van der Waals surface area contributed by atoms with Gasteiger partial charge in [0.2, 0.25) is 0 Å². The molecule has 20 heavy (non-hydrogen) atoms. The molecular weight excluding hydrogens is 296 g/mol. The van der Waals surface area contributed by atoms with Crippen molar-refractivity contribution in [1.82, 2.24) is 9.97 Å². The van der Waals surface area contributed by atoms with Crippen LogP contribution in [-0.4, -0.2) is 16.6 Å². The predicted octanol–water partition coefficient (Wildman–Crippen LogP) is 3.10. The zero-order valence-corrected chi connectivity index (χ0v) is 12.5. The van der Waals surface area contributed by atoms with Crippen molar-refractivity contribution in [2.75, 3.05) is 12.0 Å². The monoisotopic (exact) mass is 310 g/mol. The van der Waals surface area contributed by atoms with Crippen LogP contribution in [0.15, 0.2) is 40.3 Å². The first kappa shape index (κ1) is 15.1. The number of halogens is 1. The quantitative estimate of drug-likeness (QED) is 0.485. The maximum Gasteiger partial charge on any atom is 0.157 e. The van der Waals surface area contributed by atoms with Gasteiger partial charge in [-0.2, -0.15) is 0 Å². The molecule has 106 valence electrons. The molecule has 0 amide bonds. The number of aromatic nitrogens is 2. The van der Waals surface area contributed by atoms with E-state index in [0.29, 0.717) is 29.9 Å². The predicted molar refractivity (Wildman–Crippen MR) is 80.7 cm³/mol. The molecule has 0 atom stereocenters. The van der Waals surface area contributed by atoms with Gasteiger partial charge in [-0.15, -0.1) is 0 Å². The number of ether oxygens (including phenoxy) is 1. The van der Waals surface area contributed by atoms with Crippen LogP contribution in [0.2, 0.25) is 5.02 Å². The van der Waals surface area contributed by atoms with E-state index in [0.717, 1.165) is 9.92 Å². The third kappa shape index (κ3) is 4.35. The molecule has 1 aromatic carbocycles. The first-order chi connectivity index (χ1) is 9.71. The summed E-state index contributed by atoms with van der Waals surface area (Å²) in [7, 11) is 0. The van der Waals surface area contributed by atoms with Gasteiger partial charge in [-0.1, -0.05) is 23.4 Å². The lowest BCUT2D eigenvalue weighted by molar-refractivity contribution is 0.128. The van der Waals surface area contributed by atoms with Gasteiger partial charge in [0.05, 0.1) is 0 Å². The molecular formula is C13H15ClN4OS. The zero-order chi connectivity index (χ0) is 14.4. The summed E-state index contributed by atoms with van der Waals surface area (Å²) in [6.45, 7) is 2.90. The second-order valence-electron chi connectivity index (χ2n) is 3.85. The standard InChI is InChI=1S/C13H15ClN4OS/c1-2-19-8-12-16-11(18-15)7-13(17-12)20-10-5-3-9(14)4-6-10/h3-7H,2,8,15H2,1H3,(H,16,17,18). The lowest BCUT2D eigenvalue weighted by Crippen LogP contribution is -2.11. The van der Waals surface area contributed by atoms with E-state index in [2.05, 4.69) is 15.4 Å². The molecule has 0 saturated heterocycles. The molecule has 3 N–H and O–H groups in total. The van der Waals surface area contributed by atoms with E-state index in [4.69, 9.17) is 22.2 Å². The maximum atomic E-state index is 5.87. The van der Waals surface area contributed by atoms with Crippen LogP contribution in [0, 0.1) is 0 Å². The normalized spacial score (nSPS) is 10.6. The molecule has 0 aliphatic carbocycles. The van der Waals surface area contributed by atoms with Gasteiger partial charge in [0.25, 0.3) is 0 Å². The fourth-order valence-corrected chi connectivity index (χ4v) is 2.44. The van der Waals surface area contributed by atoms with Gasteiger partial charge in [-0.3, -0.25) is 0 Å². The molecule has 0 aliphatic heterocycles. The maximum absolute atomic E-state index is 5.87. The fourth-order valence-electron chi connectivity index (χ4n) is 1.48. The van der Waals surface area contributed by atoms with Gasteiger partial charge in [0, 0.05) is 22.6 Å². The largest absolute Gasteiger partial charge is 0.374 e. The smallest absolute Gasteiger partial charge is 0.157 e. The highest BCUT2D eigenvalue weighted by molar-refractivity contribution is 7.99. The van der Waals surface area contributed by atoms with Gasteiger partial charge >= 0.3 is 0 Å². The number of anilines is 1. The van der Waals surface area contributed by atoms with E-state index >= 15 is 0 Å². The van der Waals surface area contributed by atoms with E-state index in [1.165, 1.54) is 11.8 Å². The first-order valence-corrected chi connectivity index (χ1v) is 7.26. The second-order valence-corrected chi connectivity index (χ2v) is 5.38. The summed E-state index contributed by atoms with van der Waals surface area (Å²) in [5.41, 5.74) is 2.54. The molecule has 7 heteroatoms. The van der Waals surface area contributed by atoms with Gasteiger partial charge in [0.1, 0.15) is 17.5 Å². The van der Waals surface area contributed by atoms with Crippen LogP contribution < -0.4 is 11.3 Å². The zero-order valence-electron chi connectivity index (χ0n) is 11.0. The number of hydrogen-bond donors (Lipinski definition) is 2. The Kier molecular flexibility index (Phi) is 5.60. The minimum Gasteiger partial charge on any atom is -0.374 e. The molecule has 0 radical (unpaired) electrons. The summed E-state index contributed by atoms with van der Waals surface area (Å²) in [6, 6.07) is 9.34. The van der Waals surface area contributed by atoms with Gasteiger partial charge in [-0.25, -0.2) is 15.8 Å². The van der Waals surface area contributed by atoms with Gasteiger partial charge < -0.3 is 10.2 Å². The highest BCUT2D eigenvalue weighted by Gasteiger charge is 2.06. The van der Waals surface area contributed by atoms with Crippen molar-refractivity contribution in [1.29, 1.82) is 0 Å². The Balaban J connectivity index is 2.19. The number of hydrazine groups is 1. The number of rotatable bonds is 6. The molecule has 0 bridgehead atoms. The van der Waals surface area contributed by atoms with Crippen LogP contribution in [0.3, 0.4) is 0 Å². The molecule has 2 aromatic rings. The Labute approximate surface area is 126 Å². The Morgan fingerprint density at radius 1 is 1.30 bits per heavy atom. The molecule has 0 unspecified atom stereocenters. The number of nitrogens with one attached hydrogen (secondary N) is 1. The van der Waals surface area contributed by atoms with Crippen LogP contribution in [0.5, 0.6) is 0 Å². The summed E-state index contributed by atoms with van der Waals surface area (Å²) in [6.07, 6.45) is 0. The topological polar surface area (TPSA) is 73.1 Å². The number of nitrogens with two attached hydrogens (primary N) is 1. The van der Waals surface area contributed by atoms with Crippen molar-refractivity contribution in [2.45, 2.75) is 23.5 Å². The summed E-state index contributed by atoms with van der Waals surface area (Å²) >= 11 is 7.38. The van der Waals surface area contributed by atoms with Crippen molar-refractivity contribution in [3.05, 3.63) is 41.2 Å². The second kappa shape index (κ2) is 7.44. The Morgan fingerprint density at radius 3 is 2.70 bits per heavy atom. The minimum atomic E-state index is 0.361. The van der Waals surface area contributed by atoms with Crippen LogP contribution in [0.4, 0.5) is 5.82 Å². The number of nitrogen functional groups attached to an aromatic ring is 1. The highest BCUT2D eigenvalue weighted by atomic mass is 35.5. The third-order valence-corrected chi connectivity index (χ3v) is 3.55. The average molecular weight is 311 g/mol. The van der Waals surface area contributed by atoms with E-state index in [9.17, 15) is 0 Å². The van der Waals surface area contributed by atoms with Gasteiger partial charge in [-0.05, 0) is 31.2 Å². The van der Waals surface area contributed by atoms with Crippen molar-refractivity contribution >= 4 is 29.2 Å². The van der Waals surface area contributed by atoms with E-state index in [1.54, 1.807) is 6.07 Å². The fraction of sp³-hybridized carbons (Fsp3) is 0.231. The average Bonchev–Trinajstić information content (AvgIpc) is 2.47. The van der Waals surface area contributed by atoms with Gasteiger partial charge in [0.15, 0.2) is 5.82 Å². The van der Waals surface area contributed by atoms with E-state index < -0.39 is 0 Å². The third-order valence-electron chi connectivity index (χ3n) is 2.37. The van der Waals surface area contributed by atoms with E-state index in [-0.39, 0.29) is 0 Å². The summed E-state index contributed by atoms with van der Waals surface area (Å²) in [4.78, 5) is 9.71. The molecule has 0 aliphatic rings. The molecule has 5 nitrogen and oxygen atoms in total. The molecule has 1 aromatic heterocycles. The lowest BCUT2D eigenvalue weighted by atomic mass is 10.4. The first-order valence-electron chi connectivity index (χ1n) is 6.07. The Bertz CT molecular complexity index is 565. The van der Waals surface area contributed by atoms with Crippen LogP contribution >= 0.6 is 23.4 Å². The van der Waals surface area contributed by atoms with Crippen LogP contribution in [-0.2, 0) is 11.3 Å². The SMILES string of the molecule is CCOCc1nc(NN)cc(Sc2ccc(Cl)cc2)n1. The van der Waals surface area contributed by atoms with Crippen molar-refractivity contribution in [3.8, 4) is 0 Å². The molecule has 1 heterocycles. The molecule has 0 spiro atoms. The minimum absolute atomic E-state index is 0.361. The Hall–Kier alpha value is -1.34. The van der Waals surface area contributed by atoms with Crippen LogP contribution in [0.1, 0.15) is 12.7 Å². The number of nitrogens with zero attached hydrogens (tertiary/aromatic N) is 2. The molecule has 0 saturated carbocycles. The Morgan fingerprint density at radius 2 is 2.05 bits per heavy atom. The highest BCUT2D eigenvalue weighted by Crippen LogP contribution is 2.28. The molecule has 0 fully saturated rings. The summed E-state index contributed by atoms with van der Waals surface area (Å²) in [5, 5.41) is 1.50. The van der Waals surface area contributed by atoms with Crippen molar-refractivity contribution in [2.24, 2.45) is 5.84 Å².